The van der Waals surface area contributed by atoms with Crippen molar-refractivity contribution in [1.82, 2.24) is 30.9 Å². The largest absolute Gasteiger partial charge is 0.403 e. The number of hydrogen-bond acceptors (Lipinski definition) is 6. The molecule has 2 aromatic heterocycles. The zero-order valence-electron chi connectivity index (χ0n) is 20.9. The second-order valence-corrected chi connectivity index (χ2v) is 9.92. The van der Waals surface area contributed by atoms with Crippen molar-refractivity contribution in [2.24, 2.45) is 5.73 Å². The van der Waals surface area contributed by atoms with Gasteiger partial charge in [-0.2, -0.15) is 0 Å². The van der Waals surface area contributed by atoms with E-state index in [2.05, 4.69) is 81.0 Å². The Morgan fingerprint density at radius 3 is 2.43 bits per heavy atom. The number of aromatic nitrogens is 3. The molecule has 0 bridgehead atoms. The average Bonchev–Trinajstić information content (AvgIpc) is 3.74. The molecule has 188 valence electrons. The number of nitrogens with one attached hydrogen (secondary N) is 4. The van der Waals surface area contributed by atoms with Crippen LogP contribution >= 0.6 is 0 Å². The molecule has 0 amide bonds. The van der Waals surface area contributed by atoms with Gasteiger partial charge in [0.25, 0.3) is 0 Å². The van der Waals surface area contributed by atoms with Gasteiger partial charge in [-0.05, 0) is 73.0 Å². The molecule has 4 aromatic rings. The van der Waals surface area contributed by atoms with Crippen LogP contribution in [0.4, 0.5) is 0 Å². The molecule has 37 heavy (non-hydrogen) atoms. The molecule has 7 nitrogen and oxygen atoms in total. The first-order chi connectivity index (χ1) is 18.2. The van der Waals surface area contributed by atoms with E-state index in [1.54, 1.807) is 6.20 Å². The third-order valence-electron chi connectivity index (χ3n) is 7.46. The van der Waals surface area contributed by atoms with Gasteiger partial charge >= 0.3 is 0 Å². The summed E-state index contributed by atoms with van der Waals surface area (Å²) in [5.74, 6) is 1.03. The first-order valence-corrected chi connectivity index (χ1v) is 13.1. The van der Waals surface area contributed by atoms with Gasteiger partial charge < -0.3 is 26.7 Å². The van der Waals surface area contributed by atoms with Gasteiger partial charge in [0.2, 0.25) is 0 Å². The second-order valence-electron chi connectivity index (χ2n) is 9.92. The maximum absolute atomic E-state index is 5.95. The van der Waals surface area contributed by atoms with E-state index < -0.39 is 0 Å². The maximum Gasteiger partial charge on any atom is 0.123 e. The highest BCUT2D eigenvalue weighted by Crippen LogP contribution is 2.29. The molecule has 2 aliphatic heterocycles. The molecule has 2 aromatic carbocycles. The highest BCUT2D eigenvalue weighted by Gasteiger charge is 2.20. The third kappa shape index (κ3) is 4.88. The van der Waals surface area contributed by atoms with Crippen LogP contribution in [0.25, 0.3) is 38.9 Å². The topological polar surface area (TPSA) is 104 Å². The Balaban J connectivity index is 1.19. The predicted octanol–water partition coefficient (Wildman–Crippen LogP) is 4.83. The molecular weight excluding hydrogens is 458 g/mol. The van der Waals surface area contributed by atoms with E-state index in [1.165, 1.54) is 6.42 Å². The van der Waals surface area contributed by atoms with E-state index >= 15 is 0 Å². The number of nitrogens with two attached hydrogens (primary N) is 1. The number of rotatable bonds is 7. The Kier molecular flexibility index (Phi) is 6.47. The van der Waals surface area contributed by atoms with Crippen LogP contribution in [0.2, 0.25) is 0 Å². The quantitative estimate of drug-likeness (QED) is 0.254. The summed E-state index contributed by atoms with van der Waals surface area (Å²) in [6.07, 6.45) is 9.99. The summed E-state index contributed by atoms with van der Waals surface area (Å²) in [5, 5.41) is 12.5. The summed E-state index contributed by atoms with van der Waals surface area (Å²) in [6.45, 7) is 6.28. The molecule has 2 fully saturated rings. The lowest BCUT2D eigenvalue weighted by Gasteiger charge is -2.18. The summed E-state index contributed by atoms with van der Waals surface area (Å²) in [6, 6.07) is 17.8. The van der Waals surface area contributed by atoms with E-state index in [4.69, 9.17) is 10.7 Å². The number of imidazole rings is 1. The van der Waals surface area contributed by atoms with Crippen LogP contribution in [0, 0.1) is 0 Å². The van der Waals surface area contributed by atoms with Gasteiger partial charge in [-0.15, -0.1) is 0 Å². The zero-order chi connectivity index (χ0) is 25.2. The van der Waals surface area contributed by atoms with Crippen molar-refractivity contribution >= 4 is 16.5 Å². The number of aromatic amines is 1. The fraction of sp³-hybridized carbons (Fsp3) is 0.267. The fourth-order valence-corrected chi connectivity index (χ4v) is 5.32. The van der Waals surface area contributed by atoms with Crippen LogP contribution in [0.3, 0.4) is 0 Å². The number of hydrogen-bond donors (Lipinski definition) is 5. The maximum atomic E-state index is 5.95. The highest BCUT2D eigenvalue weighted by molar-refractivity contribution is 5.88. The van der Waals surface area contributed by atoms with Crippen LogP contribution in [0.15, 0.2) is 79.4 Å². The average molecular weight is 492 g/mol. The first kappa shape index (κ1) is 23.5. The van der Waals surface area contributed by atoms with Gasteiger partial charge in [-0.3, -0.25) is 4.98 Å². The molecule has 2 aliphatic rings. The lowest BCUT2D eigenvalue weighted by molar-refractivity contribution is 0.613. The van der Waals surface area contributed by atoms with E-state index in [0.29, 0.717) is 6.04 Å². The lowest BCUT2D eigenvalue weighted by Crippen LogP contribution is -2.30. The smallest absolute Gasteiger partial charge is 0.123 e. The van der Waals surface area contributed by atoms with Gasteiger partial charge in [0.1, 0.15) is 5.82 Å². The van der Waals surface area contributed by atoms with Crippen LogP contribution in [0.1, 0.15) is 43.2 Å². The number of benzene rings is 2. The Morgan fingerprint density at radius 1 is 0.892 bits per heavy atom. The van der Waals surface area contributed by atoms with Gasteiger partial charge in [-0.1, -0.05) is 43.0 Å². The van der Waals surface area contributed by atoms with Crippen LogP contribution in [-0.4, -0.2) is 34.1 Å². The number of fused-ring (bicyclic) bond motifs is 1. The molecule has 0 radical (unpaired) electrons. The Hall–Kier alpha value is -3.94. The highest BCUT2D eigenvalue weighted by atomic mass is 15.0. The summed E-state index contributed by atoms with van der Waals surface area (Å²) < 4.78 is 0. The molecular formula is C30H33N7. The predicted molar refractivity (Wildman–Crippen MR) is 150 cm³/mol. The minimum Gasteiger partial charge on any atom is -0.403 e. The first-order valence-electron chi connectivity index (χ1n) is 13.1. The molecule has 0 aliphatic carbocycles. The van der Waals surface area contributed by atoms with Crippen LogP contribution < -0.4 is 21.7 Å². The minimum absolute atomic E-state index is 0.268. The number of H-pyrrole nitrogens is 1. The van der Waals surface area contributed by atoms with Crippen molar-refractivity contribution in [3.8, 4) is 22.4 Å². The molecule has 0 unspecified atom stereocenters. The molecule has 0 saturated carbocycles. The van der Waals surface area contributed by atoms with Crippen LogP contribution in [0.5, 0.6) is 0 Å². The van der Waals surface area contributed by atoms with Crippen molar-refractivity contribution in [3.05, 3.63) is 90.9 Å². The minimum atomic E-state index is 0.268. The zero-order valence-corrected chi connectivity index (χ0v) is 20.9. The van der Waals surface area contributed by atoms with Crippen molar-refractivity contribution in [3.63, 3.8) is 0 Å². The second kappa shape index (κ2) is 10.2. The van der Waals surface area contributed by atoms with Crippen molar-refractivity contribution in [2.75, 3.05) is 13.1 Å². The Bertz CT molecular complexity index is 1440. The monoisotopic (exact) mass is 491 g/mol. The Labute approximate surface area is 217 Å². The fourth-order valence-electron chi connectivity index (χ4n) is 5.32. The molecule has 2 atom stereocenters. The van der Waals surface area contributed by atoms with E-state index in [1.807, 2.05) is 12.4 Å². The standard InChI is InChI=1S/C30H33N7/c1-19(25-4-2-12-32-25)36-28(16-31)27-15-23-11-10-22(14-24(23)17-34-27)20-6-8-21(9-7-20)29-18-35-30(37-29)26-5-3-13-33-26/h6-11,14-18,25-26,32-33,36H,1-5,12-13,31H2,(H,35,37)/b28-16-/t25-,26-/m0/s1. The van der Waals surface area contributed by atoms with Gasteiger partial charge in [0.05, 0.1) is 29.3 Å². The molecule has 0 spiro atoms. The van der Waals surface area contributed by atoms with E-state index in [-0.39, 0.29) is 6.04 Å². The molecule has 6 rings (SSSR count). The third-order valence-corrected chi connectivity index (χ3v) is 7.46. The number of pyridine rings is 1. The van der Waals surface area contributed by atoms with Crippen LogP contribution in [-0.2, 0) is 0 Å². The lowest BCUT2D eigenvalue weighted by atomic mass is 10.00. The number of nitrogens with zero attached hydrogens (tertiary/aromatic N) is 2. The summed E-state index contributed by atoms with van der Waals surface area (Å²) in [4.78, 5) is 12.8. The summed E-state index contributed by atoms with van der Waals surface area (Å²) in [5.41, 5.74) is 13.0. The molecule has 4 heterocycles. The normalized spacial score (nSPS) is 19.9. The SMILES string of the molecule is C=C(N/C(=C\N)c1cc2ccc(-c3ccc(-c4cnc([C@@H]5CCCN5)[nH]4)cc3)cc2cn1)[C@@H]1CCCN1. The van der Waals surface area contributed by atoms with Crippen molar-refractivity contribution < 1.29 is 0 Å². The van der Waals surface area contributed by atoms with Gasteiger partial charge in [0.15, 0.2) is 0 Å². The van der Waals surface area contributed by atoms with Crippen molar-refractivity contribution in [1.29, 1.82) is 0 Å². The van der Waals surface area contributed by atoms with Crippen molar-refractivity contribution in [2.45, 2.75) is 37.8 Å². The van der Waals surface area contributed by atoms with Gasteiger partial charge in [-0.25, -0.2) is 4.98 Å². The molecule has 7 heteroatoms. The van der Waals surface area contributed by atoms with E-state index in [9.17, 15) is 0 Å². The van der Waals surface area contributed by atoms with Gasteiger partial charge in [0, 0.05) is 29.5 Å². The molecule has 2 saturated heterocycles. The van der Waals surface area contributed by atoms with E-state index in [0.717, 1.165) is 88.4 Å². The summed E-state index contributed by atoms with van der Waals surface area (Å²) >= 11 is 0. The molecule has 6 N–H and O–H groups in total. The summed E-state index contributed by atoms with van der Waals surface area (Å²) in [7, 11) is 0. The Morgan fingerprint density at radius 2 is 1.68 bits per heavy atom.